The molecule has 106 valence electrons. The quantitative estimate of drug-likeness (QED) is 0.767. The van der Waals surface area contributed by atoms with Crippen molar-refractivity contribution in [1.82, 2.24) is 0 Å². The summed E-state index contributed by atoms with van der Waals surface area (Å²) in [5.41, 5.74) is 7.72. The first kappa shape index (κ1) is 13.6. The molecule has 0 amide bonds. The van der Waals surface area contributed by atoms with E-state index in [0.717, 1.165) is 27.6 Å². The first-order valence-electron chi connectivity index (χ1n) is 6.90. The van der Waals surface area contributed by atoms with Gasteiger partial charge in [0.2, 0.25) is 0 Å². The van der Waals surface area contributed by atoms with Gasteiger partial charge in [0.1, 0.15) is 11.5 Å². The standard InChI is InChI=1S/C18H17NO2/c19-11-14-8-9-18(17-7-2-1-6-16(14)17)21-15-5-3-4-13(10-15)12-20/h1-10,20H,11-12,19H2. The van der Waals surface area contributed by atoms with E-state index >= 15 is 0 Å². The molecule has 3 heteroatoms. The molecule has 0 aromatic heterocycles. The number of aliphatic hydroxyl groups excluding tert-OH is 1. The maximum atomic E-state index is 9.20. The van der Waals surface area contributed by atoms with Crippen LogP contribution < -0.4 is 10.5 Å². The predicted octanol–water partition coefficient (Wildman–Crippen LogP) is 3.58. The Kier molecular flexibility index (Phi) is 3.86. The Bertz CT molecular complexity index is 768. The first-order chi connectivity index (χ1) is 10.3. The van der Waals surface area contributed by atoms with E-state index in [2.05, 4.69) is 6.07 Å². The smallest absolute Gasteiger partial charge is 0.135 e. The van der Waals surface area contributed by atoms with Crippen molar-refractivity contribution in [3.05, 3.63) is 71.8 Å². The highest BCUT2D eigenvalue weighted by atomic mass is 16.5. The monoisotopic (exact) mass is 279 g/mol. The van der Waals surface area contributed by atoms with E-state index in [-0.39, 0.29) is 6.61 Å². The van der Waals surface area contributed by atoms with Crippen LogP contribution in [-0.4, -0.2) is 5.11 Å². The number of hydrogen-bond acceptors (Lipinski definition) is 3. The molecule has 0 unspecified atom stereocenters. The SMILES string of the molecule is NCc1ccc(Oc2cccc(CO)c2)c2ccccc12. The number of hydrogen-bond donors (Lipinski definition) is 2. The second-order valence-electron chi connectivity index (χ2n) is 4.88. The van der Waals surface area contributed by atoms with Gasteiger partial charge >= 0.3 is 0 Å². The van der Waals surface area contributed by atoms with Crippen molar-refractivity contribution in [3.63, 3.8) is 0 Å². The molecule has 0 spiro atoms. The molecule has 21 heavy (non-hydrogen) atoms. The number of rotatable bonds is 4. The zero-order valence-electron chi connectivity index (χ0n) is 11.6. The Morgan fingerprint density at radius 2 is 1.71 bits per heavy atom. The van der Waals surface area contributed by atoms with E-state index in [1.807, 2.05) is 54.6 Å². The lowest BCUT2D eigenvalue weighted by Crippen LogP contribution is -1.98. The van der Waals surface area contributed by atoms with Gasteiger partial charge in [0.25, 0.3) is 0 Å². The number of nitrogens with two attached hydrogens (primary N) is 1. The Balaban J connectivity index is 2.04. The van der Waals surface area contributed by atoms with Crippen LogP contribution in [0, 0.1) is 0 Å². The minimum Gasteiger partial charge on any atom is -0.457 e. The fourth-order valence-corrected chi connectivity index (χ4v) is 2.44. The Hall–Kier alpha value is -2.36. The van der Waals surface area contributed by atoms with Gasteiger partial charge in [-0.3, -0.25) is 0 Å². The van der Waals surface area contributed by atoms with Gasteiger partial charge < -0.3 is 15.6 Å². The van der Waals surface area contributed by atoms with Gasteiger partial charge in [0.15, 0.2) is 0 Å². The van der Waals surface area contributed by atoms with E-state index in [0.29, 0.717) is 12.3 Å². The summed E-state index contributed by atoms with van der Waals surface area (Å²) < 4.78 is 5.98. The Morgan fingerprint density at radius 3 is 2.48 bits per heavy atom. The lowest BCUT2D eigenvalue weighted by Gasteiger charge is -2.12. The molecular weight excluding hydrogens is 262 g/mol. The van der Waals surface area contributed by atoms with Crippen LogP contribution in [0.1, 0.15) is 11.1 Å². The molecule has 3 rings (SSSR count). The second-order valence-corrected chi connectivity index (χ2v) is 4.88. The van der Waals surface area contributed by atoms with Crippen LogP contribution in [0.25, 0.3) is 10.8 Å². The van der Waals surface area contributed by atoms with Crippen molar-refractivity contribution >= 4 is 10.8 Å². The maximum absolute atomic E-state index is 9.20. The predicted molar refractivity (Wildman–Crippen MR) is 84.3 cm³/mol. The third-order valence-electron chi connectivity index (χ3n) is 3.50. The molecule has 0 saturated heterocycles. The van der Waals surface area contributed by atoms with Gasteiger partial charge in [-0.05, 0) is 34.7 Å². The second kappa shape index (κ2) is 5.95. The normalized spacial score (nSPS) is 10.8. The summed E-state index contributed by atoms with van der Waals surface area (Å²) in [4.78, 5) is 0. The van der Waals surface area contributed by atoms with Crippen LogP contribution >= 0.6 is 0 Å². The Morgan fingerprint density at radius 1 is 0.905 bits per heavy atom. The molecule has 0 atom stereocenters. The number of benzene rings is 3. The molecule has 0 bridgehead atoms. The third-order valence-corrected chi connectivity index (χ3v) is 3.50. The summed E-state index contributed by atoms with van der Waals surface area (Å²) in [5.74, 6) is 1.50. The minimum absolute atomic E-state index is 0.00403. The highest BCUT2D eigenvalue weighted by Gasteiger charge is 2.07. The van der Waals surface area contributed by atoms with Gasteiger partial charge in [0, 0.05) is 11.9 Å². The maximum Gasteiger partial charge on any atom is 0.135 e. The number of fused-ring (bicyclic) bond motifs is 1. The van der Waals surface area contributed by atoms with Crippen molar-refractivity contribution in [2.75, 3.05) is 0 Å². The summed E-state index contributed by atoms with van der Waals surface area (Å²) in [6.07, 6.45) is 0. The van der Waals surface area contributed by atoms with Crippen molar-refractivity contribution in [2.45, 2.75) is 13.2 Å². The first-order valence-corrected chi connectivity index (χ1v) is 6.90. The van der Waals surface area contributed by atoms with Gasteiger partial charge in [-0.1, -0.05) is 42.5 Å². The van der Waals surface area contributed by atoms with Crippen molar-refractivity contribution in [2.24, 2.45) is 5.73 Å². The molecule has 3 N–H and O–H groups in total. The van der Waals surface area contributed by atoms with Crippen molar-refractivity contribution in [1.29, 1.82) is 0 Å². The molecular formula is C18H17NO2. The summed E-state index contributed by atoms with van der Waals surface area (Å²) in [6, 6.07) is 19.4. The van der Waals surface area contributed by atoms with Crippen molar-refractivity contribution < 1.29 is 9.84 Å². The largest absolute Gasteiger partial charge is 0.457 e. The molecule has 3 aromatic rings. The molecule has 0 fully saturated rings. The minimum atomic E-state index is 0.00403. The average molecular weight is 279 g/mol. The van der Waals surface area contributed by atoms with Crippen LogP contribution in [0.4, 0.5) is 0 Å². The molecule has 3 aromatic carbocycles. The summed E-state index contributed by atoms with van der Waals surface area (Å²) in [6.45, 7) is 0.505. The fraction of sp³-hybridized carbons (Fsp3) is 0.111. The lowest BCUT2D eigenvalue weighted by molar-refractivity contribution is 0.281. The Labute approximate surface area is 123 Å². The average Bonchev–Trinajstić information content (AvgIpc) is 2.55. The van der Waals surface area contributed by atoms with Crippen LogP contribution in [0.5, 0.6) is 11.5 Å². The third kappa shape index (κ3) is 2.75. The summed E-state index contributed by atoms with van der Waals surface area (Å²) in [7, 11) is 0. The van der Waals surface area contributed by atoms with Crippen LogP contribution in [0.15, 0.2) is 60.7 Å². The summed E-state index contributed by atoms with van der Waals surface area (Å²) >= 11 is 0. The topological polar surface area (TPSA) is 55.5 Å². The van der Waals surface area contributed by atoms with Gasteiger partial charge in [-0.2, -0.15) is 0 Å². The molecule has 3 nitrogen and oxygen atoms in total. The zero-order chi connectivity index (χ0) is 14.7. The molecule has 0 heterocycles. The molecule has 0 aliphatic carbocycles. The molecule has 0 saturated carbocycles. The van der Waals surface area contributed by atoms with E-state index in [1.54, 1.807) is 0 Å². The molecule has 0 aliphatic heterocycles. The van der Waals surface area contributed by atoms with Crippen molar-refractivity contribution in [3.8, 4) is 11.5 Å². The van der Waals surface area contributed by atoms with Gasteiger partial charge in [-0.15, -0.1) is 0 Å². The number of aliphatic hydroxyl groups is 1. The summed E-state index contributed by atoms with van der Waals surface area (Å²) in [5, 5.41) is 11.3. The van der Waals surface area contributed by atoms with Gasteiger partial charge in [-0.25, -0.2) is 0 Å². The highest BCUT2D eigenvalue weighted by Crippen LogP contribution is 2.32. The molecule has 0 radical (unpaired) electrons. The van der Waals surface area contributed by atoms with Crippen LogP contribution in [-0.2, 0) is 13.2 Å². The fourth-order valence-electron chi connectivity index (χ4n) is 2.44. The van der Waals surface area contributed by atoms with Crippen LogP contribution in [0.3, 0.4) is 0 Å². The highest BCUT2D eigenvalue weighted by molar-refractivity contribution is 5.91. The zero-order valence-corrected chi connectivity index (χ0v) is 11.6. The lowest BCUT2D eigenvalue weighted by atomic mass is 10.0. The van der Waals surface area contributed by atoms with E-state index < -0.39 is 0 Å². The van der Waals surface area contributed by atoms with E-state index in [4.69, 9.17) is 10.5 Å². The number of ether oxygens (including phenoxy) is 1. The van der Waals surface area contributed by atoms with Crippen LogP contribution in [0.2, 0.25) is 0 Å². The van der Waals surface area contributed by atoms with Gasteiger partial charge in [0.05, 0.1) is 6.61 Å². The molecule has 0 aliphatic rings. The van der Waals surface area contributed by atoms with E-state index in [1.165, 1.54) is 0 Å². The van der Waals surface area contributed by atoms with E-state index in [9.17, 15) is 5.11 Å².